The first kappa shape index (κ1) is 11.5. The molecule has 1 N–H and O–H groups in total. The molecule has 0 fully saturated rings. The number of hydrogen-bond acceptors (Lipinski definition) is 2. The highest BCUT2D eigenvalue weighted by Crippen LogP contribution is 2.07. The Morgan fingerprint density at radius 3 is 2.42 bits per heavy atom. The summed E-state index contributed by atoms with van der Waals surface area (Å²) >= 11 is 0. The summed E-state index contributed by atoms with van der Waals surface area (Å²) in [6, 6.07) is 0. The van der Waals surface area contributed by atoms with Gasteiger partial charge >= 0.3 is 0 Å². The molecule has 0 aromatic rings. The molecule has 0 aliphatic heterocycles. The Morgan fingerprint density at radius 2 is 2.08 bits per heavy atom. The van der Waals surface area contributed by atoms with Crippen LogP contribution in [0.1, 0.15) is 26.7 Å². The van der Waals surface area contributed by atoms with Gasteiger partial charge in [-0.1, -0.05) is 19.3 Å². The molecule has 0 rings (SSSR count). The second kappa shape index (κ2) is 5.18. The lowest BCUT2D eigenvalue weighted by Gasteiger charge is -2.05. The van der Waals surface area contributed by atoms with Crippen molar-refractivity contribution in [1.82, 2.24) is 0 Å². The van der Waals surface area contributed by atoms with Crippen molar-refractivity contribution in [2.75, 3.05) is 5.75 Å². The first-order chi connectivity index (χ1) is 5.49. The zero-order valence-electron chi connectivity index (χ0n) is 7.37. The number of rotatable bonds is 4. The summed E-state index contributed by atoms with van der Waals surface area (Å²) in [5.41, 5.74) is 0. The first-order valence-electron chi connectivity index (χ1n) is 3.87. The fourth-order valence-electron chi connectivity index (χ4n) is 1.00. The molecule has 0 aromatic heterocycles. The summed E-state index contributed by atoms with van der Waals surface area (Å²) in [5, 5.41) is 0. The van der Waals surface area contributed by atoms with Gasteiger partial charge in [0, 0.05) is 5.92 Å². The Kier molecular flexibility index (Phi) is 4.95. The van der Waals surface area contributed by atoms with Crippen LogP contribution in [0.25, 0.3) is 0 Å². The van der Waals surface area contributed by atoms with Crippen molar-refractivity contribution in [2.45, 2.75) is 26.7 Å². The van der Waals surface area contributed by atoms with Crippen LogP contribution in [0.4, 0.5) is 0 Å². The molecule has 12 heavy (non-hydrogen) atoms. The van der Waals surface area contributed by atoms with Crippen molar-refractivity contribution >= 4 is 10.1 Å². The van der Waals surface area contributed by atoms with Crippen LogP contribution in [0.5, 0.6) is 0 Å². The highest BCUT2D eigenvalue weighted by Gasteiger charge is 2.13. The molecule has 0 aliphatic carbocycles. The second-order valence-electron chi connectivity index (χ2n) is 2.63. The maximum atomic E-state index is 10.5. The van der Waals surface area contributed by atoms with Gasteiger partial charge in [-0.15, -0.1) is 5.92 Å². The molecule has 0 amide bonds. The quantitative estimate of drug-likeness (QED) is 0.537. The lowest BCUT2D eigenvalue weighted by molar-refractivity contribution is 0.472. The monoisotopic (exact) mass is 190 g/mol. The smallest absolute Gasteiger partial charge is 0.266 e. The minimum Gasteiger partial charge on any atom is -0.286 e. The fourth-order valence-corrected chi connectivity index (χ4v) is 1.76. The van der Waals surface area contributed by atoms with Gasteiger partial charge < -0.3 is 0 Å². The van der Waals surface area contributed by atoms with Gasteiger partial charge in [0.2, 0.25) is 0 Å². The highest BCUT2D eigenvalue weighted by atomic mass is 32.2. The maximum absolute atomic E-state index is 10.5. The fraction of sp³-hybridized carbons (Fsp3) is 0.750. The van der Waals surface area contributed by atoms with Crippen molar-refractivity contribution in [3.05, 3.63) is 0 Å². The average molecular weight is 190 g/mol. The minimum atomic E-state index is -3.87. The number of hydrogen-bond donors (Lipinski definition) is 1. The lowest BCUT2D eigenvalue weighted by atomic mass is 10.1. The van der Waals surface area contributed by atoms with Crippen molar-refractivity contribution in [3.8, 4) is 11.8 Å². The van der Waals surface area contributed by atoms with E-state index in [4.69, 9.17) is 4.55 Å². The van der Waals surface area contributed by atoms with E-state index in [1.165, 1.54) is 0 Å². The summed E-state index contributed by atoms with van der Waals surface area (Å²) in [6.07, 6.45) is 1.58. The van der Waals surface area contributed by atoms with Gasteiger partial charge in [-0.3, -0.25) is 4.55 Å². The van der Waals surface area contributed by atoms with E-state index in [1.54, 1.807) is 6.92 Å². The molecule has 1 unspecified atom stereocenters. The van der Waals surface area contributed by atoms with Crippen molar-refractivity contribution < 1.29 is 13.0 Å². The summed E-state index contributed by atoms with van der Waals surface area (Å²) in [5.74, 6) is 4.93. The van der Waals surface area contributed by atoms with Gasteiger partial charge in [0.15, 0.2) is 0 Å². The molecular formula is C8H14O3S. The van der Waals surface area contributed by atoms with Crippen LogP contribution >= 0.6 is 0 Å². The molecule has 0 spiro atoms. The Labute approximate surface area is 73.9 Å². The van der Waals surface area contributed by atoms with E-state index in [1.807, 2.05) is 6.92 Å². The lowest BCUT2D eigenvalue weighted by Crippen LogP contribution is -2.13. The molecule has 0 radical (unpaired) electrons. The Bertz CT molecular complexity index is 268. The van der Waals surface area contributed by atoms with Crippen LogP contribution in [-0.2, 0) is 10.1 Å². The maximum Gasteiger partial charge on any atom is 0.266 e. The SMILES string of the molecule is CC#CC(CCC)CS(=O)(=O)O. The molecule has 0 heterocycles. The molecular weight excluding hydrogens is 176 g/mol. The van der Waals surface area contributed by atoms with E-state index >= 15 is 0 Å². The van der Waals surface area contributed by atoms with Gasteiger partial charge in [-0.25, -0.2) is 0 Å². The van der Waals surface area contributed by atoms with Gasteiger partial charge in [0.05, 0.1) is 5.75 Å². The van der Waals surface area contributed by atoms with Crippen LogP contribution in [0.15, 0.2) is 0 Å². The van der Waals surface area contributed by atoms with E-state index in [2.05, 4.69) is 11.8 Å². The van der Waals surface area contributed by atoms with E-state index in [-0.39, 0.29) is 11.7 Å². The van der Waals surface area contributed by atoms with Crippen molar-refractivity contribution in [1.29, 1.82) is 0 Å². The zero-order chi connectivity index (χ0) is 9.61. The van der Waals surface area contributed by atoms with Gasteiger partial charge in [0.1, 0.15) is 0 Å². The third-order valence-corrected chi connectivity index (χ3v) is 2.22. The Balaban J connectivity index is 4.20. The Hall–Kier alpha value is -0.530. The normalized spacial score (nSPS) is 13.2. The highest BCUT2D eigenvalue weighted by molar-refractivity contribution is 7.85. The third-order valence-electron chi connectivity index (χ3n) is 1.40. The Morgan fingerprint density at radius 1 is 1.50 bits per heavy atom. The molecule has 0 bridgehead atoms. The van der Waals surface area contributed by atoms with Gasteiger partial charge in [0.25, 0.3) is 10.1 Å². The zero-order valence-corrected chi connectivity index (χ0v) is 8.19. The van der Waals surface area contributed by atoms with Crippen LogP contribution in [0.3, 0.4) is 0 Å². The van der Waals surface area contributed by atoms with Crippen LogP contribution in [0, 0.1) is 17.8 Å². The summed E-state index contributed by atoms with van der Waals surface area (Å²) in [4.78, 5) is 0. The molecule has 3 nitrogen and oxygen atoms in total. The van der Waals surface area contributed by atoms with Crippen molar-refractivity contribution in [2.24, 2.45) is 5.92 Å². The molecule has 0 saturated carbocycles. The molecule has 1 atom stereocenters. The topological polar surface area (TPSA) is 54.4 Å². The molecule has 0 aliphatic rings. The van der Waals surface area contributed by atoms with Crippen LogP contribution in [-0.4, -0.2) is 18.7 Å². The molecule has 0 aromatic carbocycles. The summed E-state index contributed by atoms with van der Waals surface area (Å²) in [6.45, 7) is 3.61. The minimum absolute atomic E-state index is 0.227. The standard InChI is InChI=1S/C8H14O3S/c1-3-5-8(6-4-2)7-12(9,10)11/h8H,3,5,7H2,1-2H3,(H,9,10,11). The summed E-state index contributed by atoms with van der Waals surface area (Å²) < 4.78 is 29.5. The second-order valence-corrected chi connectivity index (χ2v) is 4.13. The largest absolute Gasteiger partial charge is 0.286 e. The van der Waals surface area contributed by atoms with E-state index in [0.29, 0.717) is 6.42 Å². The molecule has 0 saturated heterocycles. The predicted molar refractivity (Wildman–Crippen MR) is 48.3 cm³/mol. The third kappa shape index (κ3) is 6.20. The van der Waals surface area contributed by atoms with Gasteiger partial charge in [-0.2, -0.15) is 8.42 Å². The van der Waals surface area contributed by atoms with Crippen LogP contribution < -0.4 is 0 Å². The van der Waals surface area contributed by atoms with Crippen LogP contribution in [0.2, 0.25) is 0 Å². The first-order valence-corrected chi connectivity index (χ1v) is 5.48. The molecule has 4 heteroatoms. The summed E-state index contributed by atoms with van der Waals surface area (Å²) in [7, 11) is -3.87. The van der Waals surface area contributed by atoms with Gasteiger partial charge in [-0.05, 0) is 13.3 Å². The average Bonchev–Trinajstić information content (AvgIpc) is 1.84. The molecule has 70 valence electrons. The van der Waals surface area contributed by atoms with E-state index in [0.717, 1.165) is 6.42 Å². The van der Waals surface area contributed by atoms with E-state index < -0.39 is 10.1 Å². The van der Waals surface area contributed by atoms with E-state index in [9.17, 15) is 8.42 Å². The predicted octanol–water partition coefficient (Wildman–Crippen LogP) is 1.31. The van der Waals surface area contributed by atoms with Crippen molar-refractivity contribution in [3.63, 3.8) is 0 Å².